The summed E-state index contributed by atoms with van der Waals surface area (Å²) < 4.78 is 0. The molecule has 35 heavy (non-hydrogen) atoms. The zero-order chi connectivity index (χ0) is 26.5. The number of carbonyl (C=O) groups is 6. The number of carboxylic acid groups (broad SMARTS) is 2. The molecule has 14 nitrogen and oxygen atoms in total. The van der Waals surface area contributed by atoms with Crippen LogP contribution in [0.3, 0.4) is 0 Å². The number of benzene rings is 1. The summed E-state index contributed by atoms with van der Waals surface area (Å²) in [5.74, 6) is -6.45. The maximum atomic E-state index is 12.9. The molecule has 0 aliphatic heterocycles. The van der Waals surface area contributed by atoms with Crippen LogP contribution in [-0.2, 0) is 35.2 Å². The Balaban J connectivity index is 2.97. The van der Waals surface area contributed by atoms with Gasteiger partial charge in [-0.2, -0.15) is 0 Å². The van der Waals surface area contributed by atoms with E-state index < -0.39 is 72.8 Å². The van der Waals surface area contributed by atoms with Gasteiger partial charge in [0, 0.05) is 12.8 Å². The fraction of sp³-hybridized carbons (Fsp3) is 0.429. The van der Waals surface area contributed by atoms with Crippen LogP contribution in [0.2, 0.25) is 0 Å². The number of hydrogen-bond acceptors (Lipinski definition) is 8. The SMILES string of the molecule is NC(=O)CCC(NC(=O)C(CO)NC(=O)C(Cc1ccccc1)NC(=O)C(N)CC(=O)O)C(=O)O. The second-order valence-electron chi connectivity index (χ2n) is 7.60. The predicted octanol–water partition coefficient (Wildman–Crippen LogP) is -3.17. The summed E-state index contributed by atoms with van der Waals surface area (Å²) >= 11 is 0. The molecule has 0 spiro atoms. The summed E-state index contributed by atoms with van der Waals surface area (Å²) in [7, 11) is 0. The molecule has 192 valence electrons. The third kappa shape index (κ3) is 10.6. The molecule has 0 fully saturated rings. The Morgan fingerprint density at radius 1 is 0.829 bits per heavy atom. The van der Waals surface area contributed by atoms with Crippen molar-refractivity contribution in [2.45, 2.75) is 49.9 Å². The molecule has 1 rings (SSSR count). The van der Waals surface area contributed by atoms with Crippen molar-refractivity contribution in [1.82, 2.24) is 16.0 Å². The summed E-state index contributed by atoms with van der Waals surface area (Å²) in [6.07, 6.45) is -1.38. The highest BCUT2D eigenvalue weighted by atomic mass is 16.4. The zero-order valence-electron chi connectivity index (χ0n) is 18.7. The van der Waals surface area contributed by atoms with Crippen LogP contribution in [0.4, 0.5) is 0 Å². The van der Waals surface area contributed by atoms with Crippen molar-refractivity contribution in [2.75, 3.05) is 6.61 Å². The standard InChI is InChI=1S/C21H29N5O9/c22-12(9-17(29)30)18(31)25-14(8-11-4-2-1-3-5-11)19(32)26-15(10-27)20(33)24-13(21(34)35)6-7-16(23)28/h1-5,12-15,27H,6-10,22H2,(H2,23,28)(H,24,33)(H,25,31)(H,26,32)(H,29,30)(H,34,35). The Hall–Kier alpha value is -4.04. The van der Waals surface area contributed by atoms with E-state index in [4.69, 9.17) is 16.6 Å². The first-order valence-corrected chi connectivity index (χ1v) is 10.5. The highest BCUT2D eigenvalue weighted by molar-refractivity contribution is 5.95. The first-order valence-electron chi connectivity index (χ1n) is 10.5. The molecule has 0 aliphatic rings. The monoisotopic (exact) mass is 495 g/mol. The molecular weight excluding hydrogens is 466 g/mol. The fourth-order valence-electron chi connectivity index (χ4n) is 2.90. The van der Waals surface area contributed by atoms with E-state index in [9.17, 15) is 39.0 Å². The van der Waals surface area contributed by atoms with E-state index in [-0.39, 0.29) is 19.3 Å². The summed E-state index contributed by atoms with van der Waals surface area (Å²) in [5, 5.41) is 34.3. The van der Waals surface area contributed by atoms with Crippen LogP contribution >= 0.6 is 0 Å². The van der Waals surface area contributed by atoms with Gasteiger partial charge in [-0.15, -0.1) is 0 Å². The van der Waals surface area contributed by atoms with E-state index in [1.165, 1.54) is 0 Å². The molecule has 0 aromatic heterocycles. The summed E-state index contributed by atoms with van der Waals surface area (Å²) in [6.45, 7) is -0.912. The van der Waals surface area contributed by atoms with Crippen LogP contribution in [0, 0.1) is 0 Å². The van der Waals surface area contributed by atoms with Gasteiger partial charge in [0.1, 0.15) is 18.1 Å². The van der Waals surface area contributed by atoms with Gasteiger partial charge in [-0.25, -0.2) is 4.79 Å². The molecule has 0 aliphatic carbocycles. The van der Waals surface area contributed by atoms with Crippen molar-refractivity contribution in [2.24, 2.45) is 11.5 Å². The number of carbonyl (C=O) groups excluding carboxylic acids is 4. The number of amides is 4. The lowest BCUT2D eigenvalue weighted by atomic mass is 10.0. The zero-order valence-corrected chi connectivity index (χ0v) is 18.7. The maximum Gasteiger partial charge on any atom is 0.326 e. The van der Waals surface area contributed by atoms with Gasteiger partial charge >= 0.3 is 11.9 Å². The van der Waals surface area contributed by atoms with E-state index in [1.54, 1.807) is 30.3 Å². The normalized spacial score (nSPS) is 14.0. The number of nitrogens with one attached hydrogen (secondary N) is 3. The number of rotatable bonds is 15. The van der Waals surface area contributed by atoms with Gasteiger partial charge in [-0.1, -0.05) is 30.3 Å². The van der Waals surface area contributed by atoms with Crippen LogP contribution in [0.25, 0.3) is 0 Å². The second kappa shape index (κ2) is 14.3. The topological polar surface area (TPSA) is 251 Å². The lowest BCUT2D eigenvalue weighted by molar-refractivity contribution is -0.143. The van der Waals surface area contributed by atoms with Crippen molar-refractivity contribution in [3.05, 3.63) is 35.9 Å². The molecule has 0 saturated carbocycles. The predicted molar refractivity (Wildman–Crippen MR) is 119 cm³/mol. The summed E-state index contributed by atoms with van der Waals surface area (Å²) in [6, 6.07) is 2.56. The number of aliphatic carboxylic acids is 2. The molecule has 1 aromatic rings. The van der Waals surface area contributed by atoms with Gasteiger partial charge in [0.2, 0.25) is 23.6 Å². The molecule has 4 atom stereocenters. The molecule has 10 N–H and O–H groups in total. The van der Waals surface area contributed by atoms with Crippen LogP contribution in [0.1, 0.15) is 24.8 Å². The van der Waals surface area contributed by atoms with Crippen LogP contribution in [0.5, 0.6) is 0 Å². The number of primary amides is 1. The largest absolute Gasteiger partial charge is 0.481 e. The fourth-order valence-corrected chi connectivity index (χ4v) is 2.90. The molecule has 4 amide bonds. The number of aliphatic hydroxyl groups excluding tert-OH is 1. The Morgan fingerprint density at radius 3 is 1.89 bits per heavy atom. The molecule has 4 unspecified atom stereocenters. The van der Waals surface area contributed by atoms with Crippen molar-refractivity contribution in [3.8, 4) is 0 Å². The lowest BCUT2D eigenvalue weighted by Gasteiger charge is -2.24. The first kappa shape index (κ1) is 29.0. The highest BCUT2D eigenvalue weighted by Crippen LogP contribution is 2.05. The maximum absolute atomic E-state index is 12.9. The van der Waals surface area contributed by atoms with Gasteiger partial charge in [0.15, 0.2) is 0 Å². The third-order valence-electron chi connectivity index (χ3n) is 4.76. The number of hydrogen-bond donors (Lipinski definition) is 8. The van der Waals surface area contributed by atoms with Crippen molar-refractivity contribution in [3.63, 3.8) is 0 Å². The average molecular weight is 495 g/mol. The Bertz CT molecular complexity index is 925. The average Bonchev–Trinajstić information content (AvgIpc) is 2.79. The van der Waals surface area contributed by atoms with Gasteiger partial charge in [-0.05, 0) is 12.0 Å². The van der Waals surface area contributed by atoms with Gasteiger partial charge < -0.3 is 42.7 Å². The minimum Gasteiger partial charge on any atom is -0.481 e. The van der Waals surface area contributed by atoms with Crippen LogP contribution in [-0.4, -0.2) is 81.7 Å². The minimum absolute atomic E-state index is 0.0612. The second-order valence-corrected chi connectivity index (χ2v) is 7.60. The third-order valence-corrected chi connectivity index (χ3v) is 4.76. The van der Waals surface area contributed by atoms with E-state index in [0.717, 1.165) is 0 Å². The first-order chi connectivity index (χ1) is 16.4. The Labute approximate surface area is 200 Å². The quantitative estimate of drug-likeness (QED) is 0.121. The van der Waals surface area contributed by atoms with E-state index in [2.05, 4.69) is 16.0 Å². The van der Waals surface area contributed by atoms with E-state index in [0.29, 0.717) is 5.56 Å². The van der Waals surface area contributed by atoms with E-state index >= 15 is 0 Å². The van der Waals surface area contributed by atoms with Gasteiger partial charge in [0.25, 0.3) is 0 Å². The van der Waals surface area contributed by atoms with Crippen molar-refractivity contribution >= 4 is 35.6 Å². The van der Waals surface area contributed by atoms with Crippen LogP contribution < -0.4 is 27.4 Å². The molecule has 0 radical (unpaired) electrons. The van der Waals surface area contributed by atoms with Gasteiger partial charge in [-0.3, -0.25) is 24.0 Å². The number of nitrogens with two attached hydrogens (primary N) is 2. The molecule has 14 heteroatoms. The number of carboxylic acids is 2. The molecular formula is C21H29N5O9. The van der Waals surface area contributed by atoms with Crippen LogP contribution in [0.15, 0.2) is 30.3 Å². The smallest absolute Gasteiger partial charge is 0.326 e. The van der Waals surface area contributed by atoms with Crippen molar-refractivity contribution in [1.29, 1.82) is 0 Å². The molecule has 1 aromatic carbocycles. The highest BCUT2D eigenvalue weighted by Gasteiger charge is 2.30. The molecule has 0 bridgehead atoms. The Kier molecular flexibility index (Phi) is 11.8. The minimum atomic E-state index is -1.60. The van der Waals surface area contributed by atoms with E-state index in [1.807, 2.05) is 0 Å². The van der Waals surface area contributed by atoms with Gasteiger partial charge in [0.05, 0.1) is 19.1 Å². The summed E-state index contributed by atoms with van der Waals surface area (Å²) in [5.41, 5.74) is 11.2. The number of aliphatic hydroxyl groups is 1. The molecule has 0 saturated heterocycles. The lowest BCUT2D eigenvalue weighted by Crippen LogP contribution is -2.58. The van der Waals surface area contributed by atoms with Crippen molar-refractivity contribution < 1.29 is 44.1 Å². The summed E-state index contributed by atoms with van der Waals surface area (Å²) in [4.78, 5) is 70.7. The molecule has 0 heterocycles. The Morgan fingerprint density at radius 2 is 1.37 bits per heavy atom.